The van der Waals surface area contributed by atoms with Crippen LogP contribution in [0.3, 0.4) is 0 Å². The van der Waals surface area contributed by atoms with Gasteiger partial charge in [-0.05, 0) is 44.4 Å². The zero-order chi connectivity index (χ0) is 14.4. The van der Waals surface area contributed by atoms with Crippen molar-refractivity contribution in [3.63, 3.8) is 0 Å². The van der Waals surface area contributed by atoms with Crippen molar-refractivity contribution in [2.75, 3.05) is 33.2 Å². The van der Waals surface area contributed by atoms with Gasteiger partial charge in [-0.15, -0.1) is 11.3 Å². The lowest BCUT2D eigenvalue weighted by atomic mass is 10.2. The Kier molecular flexibility index (Phi) is 6.06. The van der Waals surface area contributed by atoms with Gasteiger partial charge in [-0.3, -0.25) is 9.80 Å². The van der Waals surface area contributed by atoms with Crippen LogP contribution in [0.4, 0.5) is 0 Å². The van der Waals surface area contributed by atoms with E-state index in [4.69, 9.17) is 5.73 Å². The van der Waals surface area contributed by atoms with Crippen LogP contribution >= 0.6 is 11.3 Å². The lowest BCUT2D eigenvalue weighted by Crippen LogP contribution is -2.38. The maximum absolute atomic E-state index is 5.45. The molecule has 1 unspecified atom stereocenters. The molecule has 2 heterocycles. The summed E-state index contributed by atoms with van der Waals surface area (Å²) < 4.78 is 0. The summed E-state index contributed by atoms with van der Waals surface area (Å²) in [6, 6.07) is 2.83. The quantitative estimate of drug-likeness (QED) is 0.842. The van der Waals surface area contributed by atoms with Gasteiger partial charge >= 0.3 is 0 Å². The fourth-order valence-corrected chi connectivity index (χ4v) is 3.82. The van der Waals surface area contributed by atoms with Crippen LogP contribution in [0.2, 0.25) is 0 Å². The molecule has 0 amide bonds. The number of hydrogen-bond acceptors (Lipinski definition) is 4. The van der Waals surface area contributed by atoms with Gasteiger partial charge in [0.1, 0.15) is 0 Å². The summed E-state index contributed by atoms with van der Waals surface area (Å²) in [6.45, 7) is 7.26. The van der Waals surface area contributed by atoms with Crippen molar-refractivity contribution in [2.24, 2.45) is 5.73 Å². The third-order valence-electron chi connectivity index (χ3n) is 3.91. The van der Waals surface area contributed by atoms with E-state index in [0.717, 1.165) is 24.7 Å². The number of rotatable bonds is 5. The minimum absolute atomic E-state index is 0.429. The number of hydrogen-bond donors (Lipinski definition) is 1. The van der Waals surface area contributed by atoms with E-state index in [9.17, 15) is 0 Å². The van der Waals surface area contributed by atoms with Gasteiger partial charge in [0.15, 0.2) is 0 Å². The van der Waals surface area contributed by atoms with Gasteiger partial charge in [0.2, 0.25) is 0 Å². The summed E-state index contributed by atoms with van der Waals surface area (Å²) in [5.41, 5.74) is 6.59. The van der Waals surface area contributed by atoms with E-state index >= 15 is 0 Å². The zero-order valence-electron chi connectivity index (χ0n) is 12.6. The Labute approximate surface area is 126 Å². The molecular weight excluding hydrogens is 266 g/mol. The van der Waals surface area contributed by atoms with Gasteiger partial charge in [-0.25, -0.2) is 0 Å². The second-order valence-corrected chi connectivity index (χ2v) is 6.39. The summed E-state index contributed by atoms with van der Waals surface area (Å²) in [4.78, 5) is 6.38. The van der Waals surface area contributed by atoms with Crippen molar-refractivity contribution in [1.29, 1.82) is 0 Å². The molecule has 0 aromatic carbocycles. The second kappa shape index (κ2) is 7.80. The third kappa shape index (κ3) is 4.07. The molecule has 3 nitrogen and oxygen atoms in total. The summed E-state index contributed by atoms with van der Waals surface area (Å²) in [5, 5.41) is 2.12. The van der Waals surface area contributed by atoms with Crippen molar-refractivity contribution in [3.8, 4) is 11.8 Å². The van der Waals surface area contributed by atoms with Crippen LogP contribution in [0.5, 0.6) is 0 Å². The van der Waals surface area contributed by atoms with Gasteiger partial charge < -0.3 is 5.73 Å². The molecule has 0 saturated carbocycles. The second-order valence-electron chi connectivity index (χ2n) is 5.38. The SMILES string of the molecule is CCN1CCCC1CN(C)Cc1sccc1C#CCN. The number of nitrogens with two attached hydrogens (primary N) is 1. The van der Waals surface area contributed by atoms with Crippen molar-refractivity contribution in [3.05, 3.63) is 21.9 Å². The van der Waals surface area contributed by atoms with Crippen LogP contribution < -0.4 is 5.73 Å². The Hall–Kier alpha value is -0.860. The first-order valence-electron chi connectivity index (χ1n) is 7.42. The fourth-order valence-electron chi connectivity index (χ4n) is 2.91. The highest BCUT2D eigenvalue weighted by Crippen LogP contribution is 2.21. The van der Waals surface area contributed by atoms with Crippen LogP contribution in [-0.4, -0.2) is 49.1 Å². The van der Waals surface area contributed by atoms with Crippen molar-refractivity contribution < 1.29 is 0 Å². The average Bonchev–Trinajstić information content (AvgIpc) is 3.05. The zero-order valence-corrected chi connectivity index (χ0v) is 13.4. The average molecular weight is 291 g/mol. The molecule has 20 heavy (non-hydrogen) atoms. The van der Waals surface area contributed by atoms with Crippen LogP contribution in [0, 0.1) is 11.8 Å². The fraction of sp³-hybridized carbons (Fsp3) is 0.625. The van der Waals surface area contributed by atoms with Gasteiger partial charge in [-0.2, -0.15) is 0 Å². The number of likely N-dealkylation sites (tertiary alicyclic amines) is 1. The van der Waals surface area contributed by atoms with Crippen molar-refractivity contribution >= 4 is 11.3 Å². The van der Waals surface area contributed by atoms with E-state index in [1.54, 1.807) is 11.3 Å². The van der Waals surface area contributed by atoms with Crippen LogP contribution in [-0.2, 0) is 6.54 Å². The molecule has 4 heteroatoms. The molecule has 2 rings (SSSR count). The highest BCUT2D eigenvalue weighted by molar-refractivity contribution is 7.10. The predicted molar refractivity (Wildman–Crippen MR) is 86.9 cm³/mol. The molecular formula is C16H25N3S. The standard InChI is InChI=1S/C16H25N3S/c1-3-19-10-5-7-15(19)12-18(2)13-16-14(6-4-9-17)8-11-20-16/h8,11,15H,3,5,7,9-10,12-13,17H2,1-2H3. The number of thiophene rings is 1. The summed E-state index contributed by atoms with van der Waals surface area (Å²) >= 11 is 1.79. The van der Waals surface area contributed by atoms with E-state index in [2.05, 4.69) is 47.1 Å². The first-order chi connectivity index (χ1) is 9.74. The highest BCUT2D eigenvalue weighted by atomic mass is 32.1. The van der Waals surface area contributed by atoms with Gasteiger partial charge in [0.05, 0.1) is 6.54 Å². The molecule has 1 aromatic heterocycles. The topological polar surface area (TPSA) is 32.5 Å². The molecule has 0 spiro atoms. The van der Waals surface area contributed by atoms with E-state index in [1.807, 2.05) is 0 Å². The molecule has 110 valence electrons. The Morgan fingerprint density at radius 3 is 3.15 bits per heavy atom. The van der Waals surface area contributed by atoms with Crippen molar-refractivity contribution in [1.82, 2.24) is 9.80 Å². The van der Waals surface area contributed by atoms with Crippen LogP contribution in [0.25, 0.3) is 0 Å². The number of nitrogens with zero attached hydrogens (tertiary/aromatic N) is 2. The van der Waals surface area contributed by atoms with E-state index in [-0.39, 0.29) is 0 Å². The van der Waals surface area contributed by atoms with Crippen LogP contribution in [0.15, 0.2) is 11.4 Å². The van der Waals surface area contributed by atoms with Crippen LogP contribution in [0.1, 0.15) is 30.2 Å². The van der Waals surface area contributed by atoms with E-state index in [1.165, 1.54) is 30.8 Å². The molecule has 1 aliphatic rings. The maximum atomic E-state index is 5.45. The molecule has 1 saturated heterocycles. The van der Waals surface area contributed by atoms with E-state index in [0.29, 0.717) is 6.54 Å². The summed E-state index contributed by atoms with van der Waals surface area (Å²) in [6.07, 6.45) is 2.68. The molecule has 0 bridgehead atoms. The minimum Gasteiger partial charge on any atom is -0.320 e. The van der Waals surface area contributed by atoms with Gasteiger partial charge in [0.25, 0.3) is 0 Å². The van der Waals surface area contributed by atoms with Gasteiger partial charge in [-0.1, -0.05) is 18.8 Å². The van der Waals surface area contributed by atoms with Crippen molar-refractivity contribution in [2.45, 2.75) is 32.4 Å². The predicted octanol–water partition coefficient (Wildman–Crippen LogP) is 1.97. The smallest absolute Gasteiger partial charge is 0.0555 e. The minimum atomic E-state index is 0.429. The lowest BCUT2D eigenvalue weighted by Gasteiger charge is -2.27. The monoisotopic (exact) mass is 291 g/mol. The molecule has 1 fully saturated rings. The van der Waals surface area contributed by atoms with E-state index < -0.39 is 0 Å². The Bertz CT molecular complexity index is 472. The molecule has 0 aliphatic carbocycles. The molecule has 1 atom stereocenters. The largest absolute Gasteiger partial charge is 0.320 e. The first-order valence-corrected chi connectivity index (χ1v) is 8.30. The Balaban J connectivity index is 1.91. The molecule has 2 N–H and O–H groups in total. The molecule has 1 aromatic rings. The lowest BCUT2D eigenvalue weighted by molar-refractivity contribution is 0.195. The molecule has 1 aliphatic heterocycles. The van der Waals surface area contributed by atoms with Gasteiger partial charge in [0, 0.05) is 29.6 Å². The Morgan fingerprint density at radius 1 is 1.55 bits per heavy atom. The highest BCUT2D eigenvalue weighted by Gasteiger charge is 2.24. The molecule has 0 radical (unpaired) electrons. The first kappa shape index (κ1) is 15.5. The third-order valence-corrected chi connectivity index (χ3v) is 4.82. The number of likely N-dealkylation sites (N-methyl/N-ethyl adjacent to an activating group) is 2. The maximum Gasteiger partial charge on any atom is 0.0555 e. The summed E-state index contributed by atoms with van der Waals surface area (Å²) in [5.74, 6) is 6.12. The summed E-state index contributed by atoms with van der Waals surface area (Å²) in [7, 11) is 2.21. The Morgan fingerprint density at radius 2 is 2.40 bits per heavy atom. The normalized spacial score (nSPS) is 19.3.